The number of halogens is 1. The summed E-state index contributed by atoms with van der Waals surface area (Å²) in [6.07, 6.45) is 0.992. The number of rotatable bonds is 3. The lowest BCUT2D eigenvalue weighted by atomic mass is 9.93. The van der Waals surface area contributed by atoms with Crippen molar-refractivity contribution in [2.24, 2.45) is 5.92 Å². The fourth-order valence-electron chi connectivity index (χ4n) is 2.03. The van der Waals surface area contributed by atoms with E-state index in [0.29, 0.717) is 5.71 Å². The third-order valence-electron chi connectivity index (χ3n) is 3.30. The summed E-state index contributed by atoms with van der Waals surface area (Å²) < 4.78 is 1.18. The van der Waals surface area contributed by atoms with Crippen LogP contribution in [0.2, 0.25) is 0 Å². The first kappa shape index (κ1) is 13.5. The summed E-state index contributed by atoms with van der Waals surface area (Å²) in [6, 6.07) is 8.27. The second-order valence-corrected chi connectivity index (χ2v) is 5.94. The van der Waals surface area contributed by atoms with E-state index in [1.165, 1.54) is 3.57 Å². The lowest BCUT2D eigenvalue weighted by Gasteiger charge is -2.14. The molecule has 0 spiro atoms. The topological polar surface area (TPSA) is 36.7 Å². The van der Waals surface area contributed by atoms with Gasteiger partial charge in [0.25, 0.3) is 0 Å². The molecule has 0 saturated carbocycles. The average Bonchev–Trinajstić information content (AvgIpc) is 2.35. The molecule has 1 heterocycles. The predicted octanol–water partition coefficient (Wildman–Crippen LogP) is 4.56. The van der Waals surface area contributed by atoms with E-state index in [-0.39, 0.29) is 5.92 Å². The highest BCUT2D eigenvalue weighted by Crippen LogP contribution is 2.23. The number of aryl methyl sites for hydroxylation is 1. The number of aromatic nitrogens is 1. The highest BCUT2D eigenvalue weighted by atomic mass is 127. The van der Waals surface area contributed by atoms with Crippen molar-refractivity contribution in [2.45, 2.75) is 27.2 Å². The molecule has 94 valence electrons. The van der Waals surface area contributed by atoms with Crippen LogP contribution in [-0.4, -0.2) is 10.7 Å². The van der Waals surface area contributed by atoms with Crippen LogP contribution in [-0.2, 0) is 0 Å². The lowest BCUT2D eigenvalue weighted by molar-refractivity contribution is 0.736. The first-order valence-electron chi connectivity index (χ1n) is 6.18. The van der Waals surface area contributed by atoms with Crippen molar-refractivity contribution in [3.63, 3.8) is 0 Å². The Kier molecular flexibility index (Phi) is 4.00. The van der Waals surface area contributed by atoms with Gasteiger partial charge in [-0.2, -0.15) is 0 Å². The second-order valence-electron chi connectivity index (χ2n) is 4.70. The maximum Gasteiger partial charge on any atom is 0.0722 e. The smallest absolute Gasteiger partial charge is 0.0722 e. The SMILES string of the molecule is CCC(C)C(=N)c1cc(C)nc2cc(I)ccc12. The lowest BCUT2D eigenvalue weighted by Crippen LogP contribution is -2.11. The summed E-state index contributed by atoms with van der Waals surface area (Å²) in [7, 11) is 0. The van der Waals surface area contributed by atoms with Crippen LogP contribution in [0, 0.1) is 21.8 Å². The van der Waals surface area contributed by atoms with E-state index in [1.807, 2.05) is 13.0 Å². The van der Waals surface area contributed by atoms with Crippen LogP contribution in [0.1, 0.15) is 31.5 Å². The predicted molar refractivity (Wildman–Crippen MR) is 85.5 cm³/mol. The summed E-state index contributed by atoms with van der Waals surface area (Å²) >= 11 is 2.30. The van der Waals surface area contributed by atoms with Crippen molar-refractivity contribution < 1.29 is 0 Å². The maximum absolute atomic E-state index is 8.34. The Bertz CT molecular complexity index is 599. The quantitative estimate of drug-likeness (QED) is 0.638. The molecule has 1 unspecified atom stereocenters. The monoisotopic (exact) mass is 352 g/mol. The molecule has 2 nitrogen and oxygen atoms in total. The minimum absolute atomic E-state index is 0.286. The van der Waals surface area contributed by atoms with Crippen molar-refractivity contribution in [3.8, 4) is 0 Å². The van der Waals surface area contributed by atoms with E-state index in [9.17, 15) is 0 Å². The van der Waals surface area contributed by atoms with Gasteiger partial charge in [-0.15, -0.1) is 0 Å². The molecule has 0 fully saturated rings. The highest BCUT2D eigenvalue weighted by molar-refractivity contribution is 14.1. The summed E-state index contributed by atoms with van der Waals surface area (Å²) in [5.41, 5.74) is 3.72. The van der Waals surface area contributed by atoms with Crippen molar-refractivity contribution >= 4 is 39.2 Å². The van der Waals surface area contributed by atoms with E-state index >= 15 is 0 Å². The third kappa shape index (κ3) is 2.55. The van der Waals surface area contributed by atoms with Crippen LogP contribution in [0.25, 0.3) is 10.9 Å². The molecule has 0 amide bonds. The summed E-state index contributed by atoms with van der Waals surface area (Å²) in [5.74, 6) is 0.286. The zero-order valence-electron chi connectivity index (χ0n) is 10.9. The van der Waals surface area contributed by atoms with Gasteiger partial charge in [0.15, 0.2) is 0 Å². The number of fused-ring (bicyclic) bond motifs is 1. The van der Waals surface area contributed by atoms with Gasteiger partial charge in [0.1, 0.15) is 0 Å². The number of hydrogen-bond donors (Lipinski definition) is 1. The highest BCUT2D eigenvalue weighted by Gasteiger charge is 2.13. The Morgan fingerprint density at radius 3 is 2.78 bits per heavy atom. The Hall–Kier alpha value is -0.970. The third-order valence-corrected chi connectivity index (χ3v) is 3.97. The molecular formula is C15H17IN2. The van der Waals surface area contributed by atoms with Gasteiger partial charge in [0.05, 0.1) is 5.52 Å². The first-order chi connectivity index (χ1) is 8.52. The van der Waals surface area contributed by atoms with Gasteiger partial charge in [-0.1, -0.05) is 19.9 Å². The van der Waals surface area contributed by atoms with Crippen molar-refractivity contribution in [1.29, 1.82) is 5.41 Å². The zero-order valence-corrected chi connectivity index (χ0v) is 13.1. The van der Waals surface area contributed by atoms with Crippen LogP contribution < -0.4 is 0 Å². The van der Waals surface area contributed by atoms with Gasteiger partial charge in [0, 0.05) is 25.9 Å². The molecule has 0 aliphatic rings. The molecule has 18 heavy (non-hydrogen) atoms. The average molecular weight is 352 g/mol. The Morgan fingerprint density at radius 1 is 1.39 bits per heavy atom. The molecule has 0 aliphatic heterocycles. The van der Waals surface area contributed by atoms with E-state index in [4.69, 9.17) is 5.41 Å². The van der Waals surface area contributed by atoms with Crippen molar-refractivity contribution in [1.82, 2.24) is 4.98 Å². The molecule has 1 N–H and O–H groups in total. The number of benzene rings is 1. The molecule has 1 aromatic carbocycles. The van der Waals surface area contributed by atoms with Crippen LogP contribution in [0.3, 0.4) is 0 Å². The van der Waals surface area contributed by atoms with Crippen LogP contribution in [0.15, 0.2) is 24.3 Å². The van der Waals surface area contributed by atoms with Crippen LogP contribution in [0.5, 0.6) is 0 Å². The fraction of sp³-hybridized carbons (Fsp3) is 0.333. The van der Waals surface area contributed by atoms with Gasteiger partial charge in [-0.05, 0) is 60.1 Å². The number of hydrogen-bond acceptors (Lipinski definition) is 2. The minimum Gasteiger partial charge on any atom is -0.304 e. The number of nitrogens with one attached hydrogen (secondary N) is 1. The van der Waals surface area contributed by atoms with E-state index < -0.39 is 0 Å². The van der Waals surface area contributed by atoms with Gasteiger partial charge >= 0.3 is 0 Å². The van der Waals surface area contributed by atoms with Crippen molar-refractivity contribution in [3.05, 3.63) is 39.1 Å². The molecule has 0 saturated heterocycles. The van der Waals surface area contributed by atoms with Gasteiger partial charge in [-0.25, -0.2) is 0 Å². The Labute approximate surface area is 121 Å². The second kappa shape index (κ2) is 5.34. The van der Waals surface area contributed by atoms with Crippen LogP contribution in [0.4, 0.5) is 0 Å². The fourth-order valence-corrected chi connectivity index (χ4v) is 2.50. The molecular weight excluding hydrogens is 335 g/mol. The maximum atomic E-state index is 8.34. The standard InChI is InChI=1S/C15H17IN2/c1-4-9(2)15(17)13-7-10(3)18-14-8-11(16)5-6-12(13)14/h5-9,17H,4H2,1-3H3. The van der Waals surface area contributed by atoms with Gasteiger partial charge < -0.3 is 5.41 Å². The Balaban J connectivity index is 2.66. The summed E-state index contributed by atoms with van der Waals surface area (Å²) in [5, 5.41) is 9.43. The molecule has 3 heteroatoms. The molecule has 1 aromatic heterocycles. The molecule has 2 rings (SSSR count). The van der Waals surface area contributed by atoms with E-state index in [1.54, 1.807) is 0 Å². The number of pyridine rings is 1. The van der Waals surface area contributed by atoms with E-state index in [0.717, 1.165) is 28.6 Å². The van der Waals surface area contributed by atoms with Gasteiger partial charge in [-0.3, -0.25) is 4.98 Å². The molecule has 0 radical (unpaired) electrons. The Morgan fingerprint density at radius 2 is 2.11 bits per heavy atom. The largest absolute Gasteiger partial charge is 0.304 e. The normalized spacial score (nSPS) is 12.7. The zero-order chi connectivity index (χ0) is 13.3. The summed E-state index contributed by atoms with van der Waals surface area (Å²) in [6.45, 7) is 6.22. The van der Waals surface area contributed by atoms with E-state index in [2.05, 4.69) is 59.6 Å². The molecule has 2 aromatic rings. The summed E-state index contributed by atoms with van der Waals surface area (Å²) in [4.78, 5) is 4.56. The van der Waals surface area contributed by atoms with Crippen LogP contribution >= 0.6 is 22.6 Å². The molecule has 1 atom stereocenters. The van der Waals surface area contributed by atoms with Crippen molar-refractivity contribution in [2.75, 3.05) is 0 Å². The number of nitrogens with zero attached hydrogens (tertiary/aromatic N) is 1. The minimum atomic E-state index is 0.286. The molecule has 0 aliphatic carbocycles. The molecule has 0 bridgehead atoms. The van der Waals surface area contributed by atoms with Gasteiger partial charge in [0.2, 0.25) is 0 Å². The first-order valence-corrected chi connectivity index (χ1v) is 7.26.